The second-order valence-electron chi connectivity index (χ2n) is 5.21. The summed E-state index contributed by atoms with van der Waals surface area (Å²) in [5.74, 6) is 0. The third kappa shape index (κ3) is 2.62. The number of fused-ring (bicyclic) bond motifs is 1. The lowest BCUT2D eigenvalue weighted by molar-refractivity contribution is 0.0221. The standard InChI is InChI=1S/C11H16BN3O2/c1-11(2,3)17-10(16)14-5-4-8-6-13-15(12)9(8)7-14/h6H,4-5,7H2,1-3H3. The van der Waals surface area contributed by atoms with Crippen LogP contribution in [0.15, 0.2) is 6.20 Å². The molecule has 2 rings (SSSR count). The summed E-state index contributed by atoms with van der Waals surface area (Å²) in [7, 11) is 5.68. The van der Waals surface area contributed by atoms with Gasteiger partial charge >= 0.3 is 6.09 Å². The molecule has 2 heterocycles. The molecule has 0 unspecified atom stereocenters. The normalized spacial score (nSPS) is 15.6. The van der Waals surface area contributed by atoms with Gasteiger partial charge in [0.2, 0.25) is 0 Å². The fourth-order valence-electron chi connectivity index (χ4n) is 1.80. The van der Waals surface area contributed by atoms with E-state index in [0.29, 0.717) is 13.1 Å². The minimum Gasteiger partial charge on any atom is -0.444 e. The molecule has 1 aromatic heterocycles. The largest absolute Gasteiger partial charge is 0.444 e. The van der Waals surface area contributed by atoms with Crippen LogP contribution in [0.25, 0.3) is 0 Å². The Morgan fingerprint density at radius 2 is 2.24 bits per heavy atom. The molecule has 0 saturated heterocycles. The van der Waals surface area contributed by atoms with Gasteiger partial charge in [0.15, 0.2) is 0 Å². The number of nitrogens with zero attached hydrogens (tertiary/aromatic N) is 3. The zero-order chi connectivity index (χ0) is 12.6. The van der Waals surface area contributed by atoms with Gasteiger partial charge in [-0.15, -0.1) is 0 Å². The average molecular weight is 233 g/mol. The van der Waals surface area contributed by atoms with Crippen LogP contribution in [0, 0.1) is 0 Å². The maximum absolute atomic E-state index is 11.9. The van der Waals surface area contributed by atoms with E-state index in [1.54, 1.807) is 11.1 Å². The van der Waals surface area contributed by atoms with Crippen molar-refractivity contribution in [3.8, 4) is 0 Å². The molecule has 0 aromatic carbocycles. The summed E-state index contributed by atoms with van der Waals surface area (Å²) in [5, 5.41) is 3.98. The predicted molar refractivity (Wildman–Crippen MR) is 63.7 cm³/mol. The molecule has 0 bridgehead atoms. The van der Waals surface area contributed by atoms with Gasteiger partial charge in [0.1, 0.15) is 5.60 Å². The van der Waals surface area contributed by atoms with E-state index in [2.05, 4.69) is 5.10 Å². The zero-order valence-electron chi connectivity index (χ0n) is 10.4. The molecule has 0 fully saturated rings. The maximum Gasteiger partial charge on any atom is 0.410 e. The smallest absolute Gasteiger partial charge is 0.410 e. The van der Waals surface area contributed by atoms with Crippen LogP contribution in [0.1, 0.15) is 32.0 Å². The average Bonchev–Trinajstić information content (AvgIpc) is 2.57. The van der Waals surface area contributed by atoms with E-state index < -0.39 is 5.60 Å². The van der Waals surface area contributed by atoms with Crippen LogP contribution in [-0.4, -0.2) is 40.8 Å². The van der Waals surface area contributed by atoms with Crippen molar-refractivity contribution in [3.63, 3.8) is 0 Å². The molecule has 6 heteroatoms. The lowest BCUT2D eigenvalue weighted by Gasteiger charge is -2.30. The van der Waals surface area contributed by atoms with Gasteiger partial charge in [0.05, 0.1) is 12.7 Å². The molecule has 0 spiro atoms. The van der Waals surface area contributed by atoms with E-state index >= 15 is 0 Å². The maximum atomic E-state index is 11.9. The van der Waals surface area contributed by atoms with Gasteiger partial charge in [-0.3, -0.25) is 0 Å². The number of hydrogen-bond acceptors (Lipinski definition) is 3. The molecule has 1 aromatic rings. The lowest BCUT2D eigenvalue weighted by Crippen LogP contribution is -2.40. The number of carbonyl (C=O) groups excluding carboxylic acids is 1. The van der Waals surface area contributed by atoms with E-state index in [9.17, 15) is 4.79 Å². The van der Waals surface area contributed by atoms with Crippen LogP contribution in [0.4, 0.5) is 4.79 Å². The highest BCUT2D eigenvalue weighted by Gasteiger charge is 2.26. The first kappa shape index (κ1) is 12.0. The van der Waals surface area contributed by atoms with E-state index in [-0.39, 0.29) is 6.09 Å². The SMILES string of the molecule is [B]n1ncc2c1CN(C(=O)OC(C)(C)C)CC2. The van der Waals surface area contributed by atoms with Crippen molar-refractivity contribution in [1.29, 1.82) is 0 Å². The molecule has 17 heavy (non-hydrogen) atoms. The lowest BCUT2D eigenvalue weighted by atomic mass is 10.1. The van der Waals surface area contributed by atoms with Crippen molar-refractivity contribution in [2.24, 2.45) is 0 Å². The van der Waals surface area contributed by atoms with Crippen LogP contribution in [0.2, 0.25) is 0 Å². The Hall–Kier alpha value is -1.46. The fraction of sp³-hybridized carbons (Fsp3) is 0.636. The van der Waals surface area contributed by atoms with Crippen LogP contribution >= 0.6 is 0 Å². The first-order valence-corrected chi connectivity index (χ1v) is 5.65. The van der Waals surface area contributed by atoms with Crippen LogP contribution in [0.5, 0.6) is 0 Å². The minimum atomic E-state index is -0.472. The van der Waals surface area contributed by atoms with Gasteiger partial charge in [0.25, 0.3) is 7.98 Å². The second kappa shape index (κ2) is 4.09. The molecule has 0 atom stereocenters. The van der Waals surface area contributed by atoms with E-state index in [1.165, 1.54) is 4.59 Å². The Bertz CT molecular complexity index is 436. The van der Waals surface area contributed by atoms with Crippen molar-refractivity contribution in [1.82, 2.24) is 14.6 Å². The van der Waals surface area contributed by atoms with Crippen molar-refractivity contribution in [3.05, 3.63) is 17.5 Å². The highest BCUT2D eigenvalue weighted by Crippen LogP contribution is 2.19. The monoisotopic (exact) mass is 233 g/mol. The minimum absolute atomic E-state index is 0.302. The molecule has 0 aliphatic carbocycles. The van der Waals surface area contributed by atoms with Crippen LogP contribution in [-0.2, 0) is 17.7 Å². The molecule has 90 valence electrons. The summed E-state index contributed by atoms with van der Waals surface area (Å²) >= 11 is 0. The topological polar surface area (TPSA) is 47.4 Å². The summed E-state index contributed by atoms with van der Waals surface area (Å²) in [6, 6.07) is 0. The number of aromatic nitrogens is 2. The molecular formula is C11H16BN3O2. The molecule has 1 amide bonds. The first-order chi connectivity index (χ1) is 7.87. The molecule has 1 aliphatic rings. The number of amides is 1. The highest BCUT2D eigenvalue weighted by molar-refractivity contribution is 6.06. The first-order valence-electron chi connectivity index (χ1n) is 5.65. The molecular weight excluding hydrogens is 217 g/mol. The summed E-state index contributed by atoms with van der Waals surface area (Å²) < 4.78 is 6.65. The van der Waals surface area contributed by atoms with Crippen molar-refractivity contribution >= 4 is 14.1 Å². The number of rotatable bonds is 0. The van der Waals surface area contributed by atoms with Crippen molar-refractivity contribution in [2.45, 2.75) is 39.3 Å². The Morgan fingerprint density at radius 3 is 2.88 bits per heavy atom. The Balaban J connectivity index is 2.07. The summed E-state index contributed by atoms with van der Waals surface area (Å²) in [4.78, 5) is 13.5. The molecule has 0 N–H and O–H groups in total. The highest BCUT2D eigenvalue weighted by atomic mass is 16.6. The van der Waals surface area contributed by atoms with E-state index in [1.807, 2.05) is 20.8 Å². The third-order valence-electron chi connectivity index (χ3n) is 2.63. The third-order valence-corrected chi connectivity index (χ3v) is 2.63. The molecule has 2 radical (unpaired) electrons. The summed E-state index contributed by atoms with van der Waals surface area (Å²) in [6.07, 6.45) is 2.22. The summed E-state index contributed by atoms with van der Waals surface area (Å²) in [5.41, 5.74) is 1.51. The van der Waals surface area contributed by atoms with E-state index in [4.69, 9.17) is 12.7 Å². The van der Waals surface area contributed by atoms with Gasteiger partial charge < -0.3 is 14.2 Å². The fourth-order valence-corrected chi connectivity index (χ4v) is 1.80. The van der Waals surface area contributed by atoms with Crippen LogP contribution < -0.4 is 0 Å². The van der Waals surface area contributed by atoms with Crippen molar-refractivity contribution in [2.75, 3.05) is 6.54 Å². The predicted octanol–water partition coefficient (Wildman–Crippen LogP) is 1.11. The summed E-state index contributed by atoms with van der Waals surface area (Å²) in [6.45, 7) is 6.67. The number of carbonyl (C=O) groups is 1. The zero-order valence-corrected chi connectivity index (χ0v) is 10.4. The van der Waals surface area contributed by atoms with Gasteiger partial charge in [-0.1, -0.05) is 0 Å². The molecule has 5 nitrogen and oxygen atoms in total. The van der Waals surface area contributed by atoms with Crippen LogP contribution in [0.3, 0.4) is 0 Å². The second-order valence-corrected chi connectivity index (χ2v) is 5.21. The van der Waals surface area contributed by atoms with Gasteiger partial charge in [0, 0.05) is 12.2 Å². The molecule has 1 aliphatic heterocycles. The Morgan fingerprint density at radius 1 is 1.53 bits per heavy atom. The Kier molecular flexibility index (Phi) is 2.89. The van der Waals surface area contributed by atoms with E-state index in [0.717, 1.165) is 17.7 Å². The van der Waals surface area contributed by atoms with Gasteiger partial charge in [-0.25, -0.2) is 4.79 Å². The van der Waals surface area contributed by atoms with Gasteiger partial charge in [-0.2, -0.15) is 5.10 Å². The molecule has 0 saturated carbocycles. The number of hydrogen-bond donors (Lipinski definition) is 0. The Labute approximate surface area is 102 Å². The van der Waals surface area contributed by atoms with Gasteiger partial charge in [-0.05, 0) is 32.8 Å². The number of ether oxygens (including phenoxy) is 1. The van der Waals surface area contributed by atoms with Crippen molar-refractivity contribution < 1.29 is 9.53 Å². The quantitative estimate of drug-likeness (QED) is 0.630.